The van der Waals surface area contributed by atoms with Crippen LogP contribution in [0.2, 0.25) is 0 Å². The number of nitrogens with zero attached hydrogens (tertiary/aromatic N) is 1. The normalized spacial score (nSPS) is 10.0. The molecular weight excluding hydrogens is 246 g/mol. The molecule has 19 heavy (non-hydrogen) atoms. The average Bonchev–Trinajstić information content (AvgIpc) is 2.41. The molecule has 0 saturated carbocycles. The molecule has 0 saturated heterocycles. The Bertz CT molecular complexity index is 460. The lowest BCUT2D eigenvalue weighted by Gasteiger charge is -2.08. The van der Waals surface area contributed by atoms with Crippen molar-refractivity contribution in [1.29, 1.82) is 0 Å². The van der Waals surface area contributed by atoms with Crippen LogP contribution >= 0.6 is 0 Å². The molecule has 0 radical (unpaired) electrons. The van der Waals surface area contributed by atoms with Crippen LogP contribution in [0.25, 0.3) is 0 Å². The fourth-order valence-electron chi connectivity index (χ4n) is 1.58. The summed E-state index contributed by atoms with van der Waals surface area (Å²) in [4.78, 5) is 22.3. The maximum atomic E-state index is 11.8. The molecule has 6 nitrogen and oxygen atoms in total. The van der Waals surface area contributed by atoms with Gasteiger partial charge in [0.1, 0.15) is 5.69 Å². The van der Waals surface area contributed by atoms with Crippen LogP contribution in [0.3, 0.4) is 0 Å². The summed E-state index contributed by atoms with van der Waals surface area (Å²) in [6, 6.07) is 4.36. The molecule has 0 heterocycles. The topological polar surface area (TPSA) is 84.3 Å². The number of nitrogens with one attached hydrogen (secondary N) is 2. The summed E-state index contributed by atoms with van der Waals surface area (Å²) in [5.74, 6) is -0.212. The maximum absolute atomic E-state index is 11.8. The van der Waals surface area contributed by atoms with Crippen molar-refractivity contribution in [2.24, 2.45) is 0 Å². The summed E-state index contributed by atoms with van der Waals surface area (Å²) < 4.78 is 0. The van der Waals surface area contributed by atoms with Gasteiger partial charge in [0.15, 0.2) is 0 Å². The van der Waals surface area contributed by atoms with Crippen LogP contribution < -0.4 is 10.6 Å². The lowest BCUT2D eigenvalue weighted by Crippen LogP contribution is -2.24. The molecule has 1 aromatic carbocycles. The molecule has 0 aliphatic heterocycles. The minimum atomic E-state index is -0.453. The van der Waals surface area contributed by atoms with Gasteiger partial charge in [0.25, 0.3) is 11.6 Å². The first-order chi connectivity index (χ1) is 9.10. The van der Waals surface area contributed by atoms with Gasteiger partial charge >= 0.3 is 0 Å². The highest BCUT2D eigenvalue weighted by atomic mass is 16.6. The zero-order chi connectivity index (χ0) is 14.3. The number of carbonyl (C=O) groups excluding carboxylic acids is 1. The van der Waals surface area contributed by atoms with Crippen LogP contribution in [0.15, 0.2) is 18.2 Å². The lowest BCUT2D eigenvalue weighted by atomic mass is 10.1. The number of rotatable bonds is 7. The highest BCUT2D eigenvalue weighted by molar-refractivity contribution is 5.95. The van der Waals surface area contributed by atoms with E-state index in [4.69, 9.17) is 0 Å². The number of benzene rings is 1. The van der Waals surface area contributed by atoms with Crippen molar-refractivity contribution in [3.05, 3.63) is 33.9 Å². The molecule has 6 heteroatoms. The molecule has 0 atom stereocenters. The van der Waals surface area contributed by atoms with Crippen molar-refractivity contribution in [3.8, 4) is 0 Å². The molecule has 1 amide bonds. The van der Waals surface area contributed by atoms with Gasteiger partial charge in [-0.1, -0.05) is 13.8 Å². The average molecular weight is 265 g/mol. The molecule has 0 fully saturated rings. The lowest BCUT2D eigenvalue weighted by molar-refractivity contribution is -0.384. The summed E-state index contributed by atoms with van der Waals surface area (Å²) in [6.45, 7) is 5.15. The largest absolute Gasteiger partial charge is 0.379 e. The Labute approximate surface area is 112 Å². The Hall–Kier alpha value is -2.11. The molecule has 0 unspecified atom stereocenters. The van der Waals surface area contributed by atoms with Gasteiger partial charge in [-0.2, -0.15) is 0 Å². The van der Waals surface area contributed by atoms with E-state index in [1.165, 1.54) is 18.2 Å². The SMILES string of the molecule is CCCNC(=O)c1ccc([N+](=O)[O-])c(NCCC)c1. The second kappa shape index (κ2) is 7.35. The second-order valence-corrected chi connectivity index (χ2v) is 4.17. The van der Waals surface area contributed by atoms with Gasteiger partial charge in [-0.05, 0) is 25.0 Å². The van der Waals surface area contributed by atoms with E-state index >= 15 is 0 Å². The first-order valence-corrected chi connectivity index (χ1v) is 6.40. The van der Waals surface area contributed by atoms with E-state index in [9.17, 15) is 14.9 Å². The third kappa shape index (κ3) is 4.24. The number of nitro benzene ring substituents is 1. The molecule has 0 aliphatic rings. The summed E-state index contributed by atoms with van der Waals surface area (Å²) >= 11 is 0. The van der Waals surface area contributed by atoms with Gasteiger partial charge in [-0.3, -0.25) is 14.9 Å². The van der Waals surface area contributed by atoms with Crippen molar-refractivity contribution in [2.75, 3.05) is 18.4 Å². The minimum absolute atomic E-state index is 0.0134. The second-order valence-electron chi connectivity index (χ2n) is 4.17. The predicted octanol–water partition coefficient (Wildman–Crippen LogP) is 2.56. The molecule has 2 N–H and O–H groups in total. The van der Waals surface area contributed by atoms with Gasteiger partial charge in [0, 0.05) is 24.7 Å². The number of anilines is 1. The minimum Gasteiger partial charge on any atom is -0.379 e. The third-order valence-corrected chi connectivity index (χ3v) is 2.56. The van der Waals surface area contributed by atoms with Crippen molar-refractivity contribution in [1.82, 2.24) is 5.32 Å². The zero-order valence-electron chi connectivity index (χ0n) is 11.2. The van der Waals surface area contributed by atoms with Crippen LogP contribution in [0.5, 0.6) is 0 Å². The number of nitro groups is 1. The van der Waals surface area contributed by atoms with E-state index in [2.05, 4.69) is 10.6 Å². The fourth-order valence-corrected chi connectivity index (χ4v) is 1.58. The van der Waals surface area contributed by atoms with Crippen LogP contribution in [-0.4, -0.2) is 23.9 Å². The highest BCUT2D eigenvalue weighted by Crippen LogP contribution is 2.25. The van der Waals surface area contributed by atoms with Crippen molar-refractivity contribution in [2.45, 2.75) is 26.7 Å². The molecule has 1 rings (SSSR count). The van der Waals surface area contributed by atoms with Crippen LogP contribution in [0.1, 0.15) is 37.0 Å². The van der Waals surface area contributed by atoms with Gasteiger partial charge in [0.2, 0.25) is 0 Å². The predicted molar refractivity (Wildman–Crippen MR) is 74.5 cm³/mol. The first-order valence-electron chi connectivity index (χ1n) is 6.40. The zero-order valence-corrected chi connectivity index (χ0v) is 11.2. The van der Waals surface area contributed by atoms with E-state index in [0.717, 1.165) is 12.8 Å². The Morgan fingerprint density at radius 3 is 2.53 bits per heavy atom. The van der Waals surface area contributed by atoms with Gasteiger partial charge in [-0.15, -0.1) is 0 Å². The Kier molecular flexibility index (Phi) is 5.78. The number of amides is 1. The van der Waals surface area contributed by atoms with Crippen LogP contribution in [-0.2, 0) is 0 Å². The van der Waals surface area contributed by atoms with Gasteiger partial charge in [0.05, 0.1) is 4.92 Å². The quantitative estimate of drug-likeness (QED) is 0.586. The Morgan fingerprint density at radius 1 is 1.26 bits per heavy atom. The van der Waals surface area contributed by atoms with E-state index in [-0.39, 0.29) is 11.6 Å². The molecule has 0 aromatic heterocycles. The van der Waals surface area contributed by atoms with E-state index in [1.807, 2.05) is 13.8 Å². The van der Waals surface area contributed by atoms with E-state index in [1.54, 1.807) is 0 Å². The molecule has 1 aromatic rings. The summed E-state index contributed by atoms with van der Waals surface area (Å²) in [7, 11) is 0. The van der Waals surface area contributed by atoms with E-state index in [0.29, 0.717) is 24.3 Å². The standard InChI is InChI=1S/C13H19N3O3/c1-3-7-14-11-9-10(13(17)15-8-4-2)5-6-12(11)16(18)19/h5-6,9,14H,3-4,7-8H2,1-2H3,(H,15,17). The number of hydrogen-bond donors (Lipinski definition) is 2. The summed E-state index contributed by atoms with van der Waals surface area (Å²) in [6.07, 6.45) is 1.70. The summed E-state index contributed by atoms with van der Waals surface area (Å²) in [5.41, 5.74) is 0.800. The fraction of sp³-hybridized carbons (Fsp3) is 0.462. The monoisotopic (exact) mass is 265 g/mol. The van der Waals surface area contributed by atoms with Crippen LogP contribution in [0, 0.1) is 10.1 Å². The van der Waals surface area contributed by atoms with Gasteiger partial charge < -0.3 is 10.6 Å². The van der Waals surface area contributed by atoms with Gasteiger partial charge in [-0.25, -0.2) is 0 Å². The number of carbonyl (C=O) groups is 1. The number of hydrogen-bond acceptors (Lipinski definition) is 4. The molecule has 0 spiro atoms. The highest BCUT2D eigenvalue weighted by Gasteiger charge is 2.16. The smallest absolute Gasteiger partial charge is 0.292 e. The van der Waals surface area contributed by atoms with Crippen molar-refractivity contribution in [3.63, 3.8) is 0 Å². The van der Waals surface area contributed by atoms with E-state index < -0.39 is 4.92 Å². The summed E-state index contributed by atoms with van der Waals surface area (Å²) in [5, 5.41) is 16.6. The van der Waals surface area contributed by atoms with Crippen molar-refractivity contribution >= 4 is 17.3 Å². The first kappa shape index (κ1) is 14.9. The van der Waals surface area contributed by atoms with Crippen molar-refractivity contribution < 1.29 is 9.72 Å². The maximum Gasteiger partial charge on any atom is 0.292 e. The Morgan fingerprint density at radius 2 is 1.95 bits per heavy atom. The third-order valence-electron chi connectivity index (χ3n) is 2.56. The molecule has 104 valence electrons. The van der Waals surface area contributed by atoms with Crippen LogP contribution in [0.4, 0.5) is 11.4 Å². The molecular formula is C13H19N3O3. The Balaban J connectivity index is 2.96. The molecule has 0 aliphatic carbocycles. The molecule has 0 bridgehead atoms.